The highest BCUT2D eigenvalue weighted by atomic mass is 16.6. The first-order valence-corrected chi connectivity index (χ1v) is 11.3. The van der Waals surface area contributed by atoms with Crippen LogP contribution < -0.4 is 0 Å². The Kier molecular flexibility index (Phi) is 7.56. The van der Waals surface area contributed by atoms with Crippen LogP contribution in [0.2, 0.25) is 0 Å². The van der Waals surface area contributed by atoms with Crippen molar-refractivity contribution in [2.75, 3.05) is 6.61 Å². The minimum absolute atomic E-state index is 0.0515. The van der Waals surface area contributed by atoms with Crippen LogP contribution in [0.25, 0.3) is 0 Å². The van der Waals surface area contributed by atoms with Crippen molar-refractivity contribution in [3.8, 4) is 0 Å². The summed E-state index contributed by atoms with van der Waals surface area (Å²) in [6.45, 7) is 3.64. The molecule has 0 spiro atoms. The highest BCUT2D eigenvalue weighted by molar-refractivity contribution is 5.14. The van der Waals surface area contributed by atoms with Gasteiger partial charge in [-0.25, -0.2) is 0 Å². The molecular formula is C26H34O4. The van der Waals surface area contributed by atoms with Crippen molar-refractivity contribution in [3.63, 3.8) is 0 Å². The van der Waals surface area contributed by atoms with E-state index in [1.54, 1.807) is 0 Å². The van der Waals surface area contributed by atoms with Crippen molar-refractivity contribution in [1.29, 1.82) is 0 Å². The molecule has 0 amide bonds. The lowest BCUT2D eigenvalue weighted by Gasteiger charge is -2.37. The van der Waals surface area contributed by atoms with Gasteiger partial charge >= 0.3 is 0 Å². The lowest BCUT2D eigenvalue weighted by atomic mass is 9.79. The molecule has 0 radical (unpaired) electrons. The van der Waals surface area contributed by atoms with Gasteiger partial charge in [0.2, 0.25) is 0 Å². The van der Waals surface area contributed by atoms with Crippen LogP contribution in [0.5, 0.6) is 0 Å². The van der Waals surface area contributed by atoms with Crippen molar-refractivity contribution in [2.45, 2.75) is 70.2 Å². The average Bonchev–Trinajstić information content (AvgIpc) is 3.59. The van der Waals surface area contributed by atoms with E-state index in [0.29, 0.717) is 25.0 Å². The largest absolute Gasteiger partial charge is 0.394 e. The van der Waals surface area contributed by atoms with Gasteiger partial charge in [-0.3, -0.25) is 0 Å². The Balaban J connectivity index is 1.34. The molecule has 2 aromatic rings. The van der Waals surface area contributed by atoms with Crippen LogP contribution in [0.4, 0.5) is 0 Å². The minimum atomic E-state index is 0.0515. The number of hydrogen-bond acceptors (Lipinski definition) is 4. The molecule has 2 fully saturated rings. The van der Waals surface area contributed by atoms with Crippen LogP contribution in [0, 0.1) is 11.8 Å². The third-order valence-electron chi connectivity index (χ3n) is 6.52. The molecule has 6 atom stereocenters. The molecule has 30 heavy (non-hydrogen) atoms. The number of aliphatic hydroxyl groups excluding tert-OH is 1. The molecule has 2 aliphatic rings. The molecule has 4 heteroatoms. The summed E-state index contributed by atoms with van der Waals surface area (Å²) in [4.78, 5) is 0. The SMILES string of the molecule is C[C@H](C[C@@H]1CC[C@@H](OCc2ccccc2)[C@H](OCc2ccccc2)C1)[C@@H]1O[C@H]1CO. The normalized spacial score (nSPS) is 29.5. The highest BCUT2D eigenvalue weighted by Gasteiger charge is 2.43. The first-order valence-electron chi connectivity index (χ1n) is 11.3. The predicted molar refractivity (Wildman–Crippen MR) is 117 cm³/mol. The summed E-state index contributed by atoms with van der Waals surface area (Å²) >= 11 is 0. The van der Waals surface area contributed by atoms with Gasteiger partial charge in [0.05, 0.1) is 38.1 Å². The maximum atomic E-state index is 9.28. The van der Waals surface area contributed by atoms with E-state index in [0.717, 1.165) is 25.7 Å². The molecule has 1 aliphatic heterocycles. The molecule has 0 bridgehead atoms. The van der Waals surface area contributed by atoms with Crippen molar-refractivity contribution < 1.29 is 19.3 Å². The van der Waals surface area contributed by atoms with Gasteiger partial charge < -0.3 is 19.3 Å². The lowest BCUT2D eigenvalue weighted by molar-refractivity contribution is -0.115. The average molecular weight is 411 g/mol. The fourth-order valence-corrected chi connectivity index (χ4v) is 4.78. The van der Waals surface area contributed by atoms with Crippen LogP contribution in [0.1, 0.15) is 43.7 Å². The van der Waals surface area contributed by atoms with Gasteiger partial charge in [0.15, 0.2) is 0 Å². The van der Waals surface area contributed by atoms with Gasteiger partial charge in [-0.1, -0.05) is 67.6 Å². The second-order valence-electron chi connectivity index (χ2n) is 8.88. The van der Waals surface area contributed by atoms with Crippen molar-refractivity contribution >= 4 is 0 Å². The Morgan fingerprint density at radius 3 is 2.07 bits per heavy atom. The molecule has 0 aromatic heterocycles. The molecular weight excluding hydrogens is 376 g/mol. The number of ether oxygens (including phenoxy) is 3. The quantitative estimate of drug-likeness (QED) is 0.575. The molecule has 162 valence electrons. The Bertz CT molecular complexity index is 750. The maximum absolute atomic E-state index is 9.28. The fourth-order valence-electron chi connectivity index (χ4n) is 4.78. The van der Waals surface area contributed by atoms with Crippen molar-refractivity contribution in [1.82, 2.24) is 0 Å². The van der Waals surface area contributed by atoms with Gasteiger partial charge in [-0.05, 0) is 48.6 Å². The summed E-state index contributed by atoms with van der Waals surface area (Å²) in [7, 11) is 0. The lowest BCUT2D eigenvalue weighted by Crippen LogP contribution is -2.38. The summed E-state index contributed by atoms with van der Waals surface area (Å²) in [5.41, 5.74) is 2.41. The maximum Gasteiger partial charge on any atom is 0.107 e. The highest BCUT2D eigenvalue weighted by Crippen LogP contribution is 2.38. The van der Waals surface area contributed by atoms with E-state index in [1.165, 1.54) is 11.1 Å². The van der Waals surface area contributed by atoms with Gasteiger partial charge in [0.25, 0.3) is 0 Å². The Morgan fingerprint density at radius 2 is 1.50 bits per heavy atom. The van der Waals surface area contributed by atoms with Crippen molar-refractivity contribution in [2.24, 2.45) is 11.8 Å². The Hall–Kier alpha value is -1.72. The molecule has 1 aliphatic carbocycles. The van der Waals surface area contributed by atoms with Crippen LogP contribution in [-0.2, 0) is 27.4 Å². The number of aliphatic hydroxyl groups is 1. The third-order valence-corrected chi connectivity index (χ3v) is 6.52. The Labute approximate surface area is 180 Å². The fraction of sp³-hybridized carbons (Fsp3) is 0.538. The van der Waals surface area contributed by atoms with E-state index in [1.807, 2.05) is 12.1 Å². The summed E-state index contributed by atoms with van der Waals surface area (Å²) in [5.74, 6) is 1.09. The van der Waals surface area contributed by atoms with E-state index in [-0.39, 0.29) is 31.0 Å². The molecule has 1 saturated heterocycles. The zero-order chi connectivity index (χ0) is 20.8. The van der Waals surface area contributed by atoms with Gasteiger partial charge in [-0.15, -0.1) is 0 Å². The van der Waals surface area contributed by atoms with Crippen molar-refractivity contribution in [3.05, 3.63) is 71.8 Å². The number of hydrogen-bond donors (Lipinski definition) is 1. The second kappa shape index (κ2) is 10.5. The molecule has 0 unspecified atom stereocenters. The second-order valence-corrected chi connectivity index (χ2v) is 8.88. The molecule has 1 heterocycles. The number of benzene rings is 2. The zero-order valence-corrected chi connectivity index (χ0v) is 17.9. The van der Waals surface area contributed by atoms with E-state index in [2.05, 4.69) is 55.5 Å². The summed E-state index contributed by atoms with van der Waals surface area (Å²) in [5, 5.41) is 9.28. The van der Waals surface area contributed by atoms with Crippen LogP contribution in [0.15, 0.2) is 60.7 Å². The summed E-state index contributed by atoms with van der Waals surface area (Å²) < 4.78 is 18.3. The minimum Gasteiger partial charge on any atom is -0.394 e. The topological polar surface area (TPSA) is 51.2 Å². The predicted octanol–water partition coefficient (Wildman–Crippen LogP) is 4.74. The first-order chi connectivity index (χ1) is 14.7. The van der Waals surface area contributed by atoms with E-state index in [9.17, 15) is 5.11 Å². The van der Waals surface area contributed by atoms with Gasteiger partial charge in [-0.2, -0.15) is 0 Å². The van der Waals surface area contributed by atoms with E-state index >= 15 is 0 Å². The first kappa shape index (κ1) is 21.5. The molecule has 1 saturated carbocycles. The zero-order valence-electron chi connectivity index (χ0n) is 17.9. The molecule has 4 nitrogen and oxygen atoms in total. The molecule has 2 aromatic carbocycles. The third kappa shape index (κ3) is 5.92. The summed E-state index contributed by atoms with van der Waals surface area (Å²) in [6, 6.07) is 20.7. The molecule has 4 rings (SSSR count). The Morgan fingerprint density at radius 1 is 0.900 bits per heavy atom. The van der Waals surface area contributed by atoms with Gasteiger partial charge in [0.1, 0.15) is 6.10 Å². The van der Waals surface area contributed by atoms with Crippen LogP contribution in [-0.4, -0.2) is 36.1 Å². The van der Waals surface area contributed by atoms with E-state index < -0.39 is 0 Å². The van der Waals surface area contributed by atoms with Crippen LogP contribution >= 0.6 is 0 Å². The van der Waals surface area contributed by atoms with E-state index in [4.69, 9.17) is 14.2 Å². The standard InChI is InChI=1S/C26H34O4/c1-19(26-25(16-27)30-26)14-22-12-13-23(28-17-20-8-4-2-5-9-20)24(15-22)29-18-21-10-6-3-7-11-21/h2-11,19,22-27H,12-18H2,1H3/t19-,22+,23-,24-,25+,26+/m1/s1. The number of epoxide rings is 1. The summed E-state index contributed by atoms with van der Waals surface area (Å²) in [6.07, 6.45) is 4.84. The van der Waals surface area contributed by atoms with Crippen LogP contribution in [0.3, 0.4) is 0 Å². The number of rotatable bonds is 10. The monoisotopic (exact) mass is 410 g/mol. The van der Waals surface area contributed by atoms with Gasteiger partial charge in [0, 0.05) is 0 Å². The molecule has 1 N–H and O–H groups in total. The smallest absolute Gasteiger partial charge is 0.107 e.